The van der Waals surface area contributed by atoms with Crippen molar-refractivity contribution in [2.24, 2.45) is 4.99 Å². The van der Waals surface area contributed by atoms with Crippen LogP contribution in [0.4, 0.5) is 0 Å². The first-order valence-corrected chi connectivity index (χ1v) is 6.81. The molecule has 0 radical (unpaired) electrons. The third-order valence-electron chi connectivity index (χ3n) is 3.26. The van der Waals surface area contributed by atoms with Crippen LogP contribution in [0.1, 0.15) is 17.2 Å². The van der Waals surface area contributed by atoms with Crippen LogP contribution in [0.2, 0.25) is 5.02 Å². The van der Waals surface area contributed by atoms with Crippen molar-refractivity contribution in [2.75, 3.05) is 13.1 Å². The van der Waals surface area contributed by atoms with Gasteiger partial charge in [-0.05, 0) is 24.3 Å². The monoisotopic (exact) mass is 287 g/mol. The molecule has 0 saturated heterocycles. The number of aromatic nitrogens is 1. The summed E-state index contributed by atoms with van der Waals surface area (Å²) in [4.78, 5) is 8.87. The highest BCUT2D eigenvalue weighted by atomic mass is 35.5. The zero-order valence-corrected chi connectivity index (χ0v) is 11.5. The second kappa shape index (κ2) is 5.51. The molecule has 3 rings (SSSR count). The van der Waals surface area contributed by atoms with Crippen LogP contribution in [-0.4, -0.2) is 29.0 Å². The van der Waals surface area contributed by atoms with Gasteiger partial charge in [0, 0.05) is 23.3 Å². The van der Waals surface area contributed by atoms with E-state index in [9.17, 15) is 5.11 Å². The van der Waals surface area contributed by atoms with Gasteiger partial charge in [-0.25, -0.2) is 0 Å². The summed E-state index contributed by atoms with van der Waals surface area (Å²) in [6, 6.07) is 10.9. The summed E-state index contributed by atoms with van der Waals surface area (Å²) >= 11 is 5.91. The van der Waals surface area contributed by atoms with E-state index in [-0.39, 0.29) is 11.7 Å². The summed E-state index contributed by atoms with van der Waals surface area (Å²) in [7, 11) is 0. The highest BCUT2D eigenvalue weighted by Crippen LogP contribution is 2.33. The van der Waals surface area contributed by atoms with Crippen LogP contribution in [-0.2, 0) is 0 Å². The molecule has 0 saturated carbocycles. The number of aromatic hydroxyl groups is 1. The van der Waals surface area contributed by atoms with E-state index >= 15 is 0 Å². The zero-order valence-electron chi connectivity index (χ0n) is 10.8. The van der Waals surface area contributed by atoms with Gasteiger partial charge in [0.25, 0.3) is 0 Å². The number of rotatable bonds is 3. The van der Waals surface area contributed by atoms with Crippen molar-refractivity contribution in [1.82, 2.24) is 10.3 Å². The number of phenols is 1. The number of nitrogens with zero attached hydrogens (tertiary/aromatic N) is 2. The molecule has 1 atom stereocenters. The lowest BCUT2D eigenvalue weighted by atomic mass is 9.93. The number of halogens is 1. The first-order chi connectivity index (χ1) is 9.75. The van der Waals surface area contributed by atoms with Crippen LogP contribution in [0.15, 0.2) is 47.6 Å². The number of nitrogens with one attached hydrogen (secondary N) is 1. The molecule has 102 valence electrons. The van der Waals surface area contributed by atoms with E-state index < -0.39 is 0 Å². The molecule has 1 aliphatic rings. The van der Waals surface area contributed by atoms with Crippen molar-refractivity contribution in [3.05, 3.63) is 58.9 Å². The Balaban J connectivity index is 2.10. The number of amidine groups is 1. The van der Waals surface area contributed by atoms with Gasteiger partial charge in [0.1, 0.15) is 11.6 Å². The zero-order chi connectivity index (χ0) is 13.9. The van der Waals surface area contributed by atoms with Gasteiger partial charge in [-0.1, -0.05) is 23.7 Å². The third-order valence-corrected chi connectivity index (χ3v) is 3.50. The van der Waals surface area contributed by atoms with Crippen molar-refractivity contribution < 1.29 is 5.11 Å². The Kier molecular flexibility index (Phi) is 3.56. The molecule has 5 heteroatoms. The van der Waals surface area contributed by atoms with Crippen molar-refractivity contribution in [1.29, 1.82) is 0 Å². The van der Waals surface area contributed by atoms with Crippen LogP contribution < -0.4 is 5.32 Å². The van der Waals surface area contributed by atoms with E-state index in [1.165, 1.54) is 0 Å². The Morgan fingerprint density at radius 3 is 2.80 bits per heavy atom. The van der Waals surface area contributed by atoms with Crippen molar-refractivity contribution in [3.8, 4) is 5.75 Å². The minimum absolute atomic E-state index is 0.157. The minimum Gasteiger partial charge on any atom is -0.508 e. The number of phenolic OH excluding ortho intramolecular Hbond substituents is 1. The fourth-order valence-corrected chi connectivity index (χ4v) is 2.53. The van der Waals surface area contributed by atoms with Gasteiger partial charge in [0.15, 0.2) is 0 Å². The summed E-state index contributed by atoms with van der Waals surface area (Å²) in [5, 5.41) is 14.0. The fourth-order valence-electron chi connectivity index (χ4n) is 2.36. The van der Waals surface area contributed by atoms with Crippen LogP contribution in [0.5, 0.6) is 5.75 Å². The summed E-state index contributed by atoms with van der Waals surface area (Å²) in [5.41, 5.74) is 1.60. The molecule has 0 spiro atoms. The molecule has 1 aromatic heterocycles. The topological polar surface area (TPSA) is 57.5 Å². The Bertz CT molecular complexity index is 643. The molecule has 2 heterocycles. The minimum atomic E-state index is -0.198. The van der Waals surface area contributed by atoms with Gasteiger partial charge >= 0.3 is 0 Å². The first kappa shape index (κ1) is 12.9. The lowest BCUT2D eigenvalue weighted by Gasteiger charge is -2.18. The fraction of sp³-hybridized carbons (Fsp3) is 0.200. The first-order valence-electron chi connectivity index (χ1n) is 6.43. The van der Waals surface area contributed by atoms with Crippen LogP contribution >= 0.6 is 11.6 Å². The standard InChI is InChI=1S/C15H14ClN3O/c16-10-4-5-11(13(20)9-10)14(15-18-7-8-19-15)12-3-1-2-6-17-12/h1-6,9,14,20H,7-8H2,(H,18,19). The van der Waals surface area contributed by atoms with E-state index in [1.54, 1.807) is 18.3 Å². The van der Waals surface area contributed by atoms with E-state index in [0.29, 0.717) is 5.02 Å². The molecule has 4 nitrogen and oxygen atoms in total. The maximum absolute atomic E-state index is 10.2. The number of aliphatic imine (C=N–C) groups is 1. The molecule has 2 N–H and O–H groups in total. The number of pyridine rings is 1. The van der Waals surface area contributed by atoms with Gasteiger partial charge < -0.3 is 10.4 Å². The quantitative estimate of drug-likeness (QED) is 0.912. The van der Waals surface area contributed by atoms with E-state index in [1.807, 2.05) is 24.3 Å². The van der Waals surface area contributed by atoms with Crippen molar-refractivity contribution in [2.45, 2.75) is 5.92 Å². The normalized spacial score (nSPS) is 15.6. The molecule has 1 aliphatic heterocycles. The maximum Gasteiger partial charge on any atom is 0.121 e. The van der Waals surface area contributed by atoms with Gasteiger partial charge in [0.2, 0.25) is 0 Å². The molecule has 0 aliphatic carbocycles. The highest BCUT2D eigenvalue weighted by Gasteiger charge is 2.26. The van der Waals surface area contributed by atoms with Crippen molar-refractivity contribution >= 4 is 17.4 Å². The number of benzene rings is 1. The summed E-state index contributed by atoms with van der Waals surface area (Å²) in [6.45, 7) is 1.56. The molecule has 1 unspecified atom stereocenters. The molecule has 0 fully saturated rings. The van der Waals surface area contributed by atoms with Gasteiger partial charge in [0.05, 0.1) is 18.2 Å². The van der Waals surface area contributed by atoms with Crippen LogP contribution in [0.3, 0.4) is 0 Å². The molecule has 2 aromatic rings. The van der Waals surface area contributed by atoms with Crippen LogP contribution in [0.25, 0.3) is 0 Å². The third kappa shape index (κ3) is 2.47. The molecular weight excluding hydrogens is 274 g/mol. The molecule has 20 heavy (non-hydrogen) atoms. The molecule has 1 aromatic carbocycles. The van der Waals surface area contributed by atoms with E-state index in [2.05, 4.69) is 15.3 Å². The van der Waals surface area contributed by atoms with Crippen molar-refractivity contribution in [3.63, 3.8) is 0 Å². The molecular formula is C15H14ClN3O. The average molecular weight is 288 g/mol. The highest BCUT2D eigenvalue weighted by molar-refractivity contribution is 6.30. The Hall–Kier alpha value is -2.07. The Labute approximate surface area is 122 Å². The SMILES string of the molecule is Oc1cc(Cl)ccc1C(C1=NCCN1)c1ccccn1. The average Bonchev–Trinajstić information content (AvgIpc) is 2.97. The molecule has 0 amide bonds. The maximum atomic E-state index is 10.2. The summed E-state index contributed by atoms with van der Waals surface area (Å²) in [6.07, 6.45) is 1.74. The molecule has 0 bridgehead atoms. The second-order valence-corrected chi connectivity index (χ2v) is 5.02. The lowest BCUT2D eigenvalue weighted by molar-refractivity contribution is 0.468. The van der Waals surface area contributed by atoms with Gasteiger partial charge in [-0.2, -0.15) is 0 Å². The largest absolute Gasteiger partial charge is 0.508 e. The van der Waals surface area contributed by atoms with Gasteiger partial charge in [-0.3, -0.25) is 9.98 Å². The van der Waals surface area contributed by atoms with Gasteiger partial charge in [-0.15, -0.1) is 0 Å². The Morgan fingerprint density at radius 2 is 2.15 bits per heavy atom. The predicted molar refractivity (Wildman–Crippen MR) is 79.5 cm³/mol. The Morgan fingerprint density at radius 1 is 1.25 bits per heavy atom. The smallest absolute Gasteiger partial charge is 0.121 e. The number of hydrogen-bond acceptors (Lipinski definition) is 4. The second-order valence-electron chi connectivity index (χ2n) is 4.58. The summed E-state index contributed by atoms with van der Waals surface area (Å²) in [5.74, 6) is 0.793. The summed E-state index contributed by atoms with van der Waals surface area (Å²) < 4.78 is 0. The van der Waals surface area contributed by atoms with Crippen LogP contribution in [0, 0.1) is 0 Å². The lowest BCUT2D eigenvalue weighted by Crippen LogP contribution is -2.27. The predicted octanol–water partition coefficient (Wildman–Crippen LogP) is 2.57. The van der Waals surface area contributed by atoms with E-state index in [0.717, 1.165) is 30.2 Å². The number of hydrogen-bond donors (Lipinski definition) is 2. The van der Waals surface area contributed by atoms with E-state index in [4.69, 9.17) is 11.6 Å².